The van der Waals surface area contributed by atoms with Crippen LogP contribution in [0.1, 0.15) is 5.56 Å². The van der Waals surface area contributed by atoms with Crippen molar-refractivity contribution in [3.63, 3.8) is 0 Å². The Balaban J connectivity index is 1.79. The SMILES string of the molecule is ON(O)c1c(NCCc2ccncc2)nn2ccccc12. The Morgan fingerprint density at radius 2 is 1.95 bits per heavy atom. The molecule has 0 saturated heterocycles. The van der Waals surface area contributed by atoms with Crippen LogP contribution >= 0.6 is 0 Å². The van der Waals surface area contributed by atoms with Gasteiger partial charge in [0.05, 0.1) is 5.52 Å². The zero-order valence-electron chi connectivity index (χ0n) is 11.2. The van der Waals surface area contributed by atoms with E-state index in [4.69, 9.17) is 0 Å². The van der Waals surface area contributed by atoms with Gasteiger partial charge in [-0.1, -0.05) is 6.07 Å². The maximum absolute atomic E-state index is 9.40. The Labute approximate surface area is 121 Å². The molecule has 3 rings (SSSR count). The van der Waals surface area contributed by atoms with Gasteiger partial charge in [-0.2, -0.15) is 0 Å². The minimum atomic E-state index is 0.0943. The third kappa shape index (κ3) is 2.78. The van der Waals surface area contributed by atoms with Crippen molar-refractivity contribution >= 4 is 17.0 Å². The summed E-state index contributed by atoms with van der Waals surface area (Å²) in [6.45, 7) is 0.620. The molecule has 0 amide bonds. The summed E-state index contributed by atoms with van der Waals surface area (Å²) in [5, 5.41) is 26.3. The molecule has 0 aliphatic carbocycles. The van der Waals surface area contributed by atoms with Crippen LogP contribution in [-0.2, 0) is 6.42 Å². The number of anilines is 2. The number of nitrogens with one attached hydrogen (secondary N) is 1. The summed E-state index contributed by atoms with van der Waals surface area (Å²) in [6.07, 6.45) is 6.02. The van der Waals surface area contributed by atoms with Crippen molar-refractivity contribution in [2.75, 3.05) is 17.1 Å². The first-order valence-electron chi connectivity index (χ1n) is 6.54. The topological polar surface area (TPSA) is 85.9 Å². The molecule has 0 aliphatic rings. The van der Waals surface area contributed by atoms with Gasteiger partial charge in [-0.15, -0.1) is 10.3 Å². The fraction of sp³-hybridized carbons (Fsp3) is 0.143. The molecule has 0 aliphatic heterocycles. The highest BCUT2D eigenvalue weighted by molar-refractivity contribution is 5.82. The molecule has 3 aromatic rings. The maximum Gasteiger partial charge on any atom is 0.177 e. The van der Waals surface area contributed by atoms with E-state index in [1.165, 1.54) is 0 Å². The molecule has 3 heterocycles. The third-order valence-corrected chi connectivity index (χ3v) is 3.17. The number of aromatic nitrogens is 3. The zero-order chi connectivity index (χ0) is 14.7. The molecule has 7 heteroatoms. The lowest BCUT2D eigenvalue weighted by Crippen LogP contribution is -2.14. The van der Waals surface area contributed by atoms with E-state index >= 15 is 0 Å². The Hall–Kier alpha value is -2.64. The Kier molecular flexibility index (Phi) is 3.67. The molecule has 0 unspecified atom stereocenters. The second-order valence-electron chi connectivity index (χ2n) is 4.55. The molecule has 0 radical (unpaired) electrons. The van der Waals surface area contributed by atoms with Gasteiger partial charge in [-0.05, 0) is 36.2 Å². The standard InChI is InChI=1S/C14H15N5O2/c20-19(21)13-12-3-1-2-10-18(12)17-14(13)16-9-6-11-4-7-15-8-5-11/h1-5,7-8,10,20-21H,6,9H2,(H,16,17). The minimum absolute atomic E-state index is 0.0943. The first kappa shape index (κ1) is 13.3. The third-order valence-electron chi connectivity index (χ3n) is 3.17. The Bertz CT molecular complexity index is 727. The quantitative estimate of drug-likeness (QED) is 0.621. The summed E-state index contributed by atoms with van der Waals surface area (Å²) in [6, 6.07) is 9.28. The van der Waals surface area contributed by atoms with E-state index in [9.17, 15) is 10.4 Å². The largest absolute Gasteiger partial charge is 0.366 e. The van der Waals surface area contributed by atoms with Crippen LogP contribution in [0.5, 0.6) is 0 Å². The van der Waals surface area contributed by atoms with Crippen LogP contribution in [-0.4, -0.2) is 31.6 Å². The molecule has 0 spiro atoms. The number of hydrogen-bond donors (Lipinski definition) is 3. The van der Waals surface area contributed by atoms with E-state index in [0.717, 1.165) is 12.0 Å². The van der Waals surface area contributed by atoms with Crippen LogP contribution in [0.15, 0.2) is 48.9 Å². The fourth-order valence-electron chi connectivity index (χ4n) is 2.18. The number of nitrogens with zero attached hydrogens (tertiary/aromatic N) is 4. The van der Waals surface area contributed by atoms with Crippen LogP contribution in [0, 0.1) is 0 Å². The molecule has 0 atom stereocenters. The fourth-order valence-corrected chi connectivity index (χ4v) is 2.18. The Morgan fingerprint density at radius 1 is 1.14 bits per heavy atom. The monoisotopic (exact) mass is 285 g/mol. The molecule has 7 nitrogen and oxygen atoms in total. The molecule has 0 saturated carbocycles. The average molecular weight is 285 g/mol. The highest BCUT2D eigenvalue weighted by Gasteiger charge is 2.16. The summed E-state index contributed by atoms with van der Waals surface area (Å²) in [5.41, 5.74) is 1.98. The van der Waals surface area contributed by atoms with Gasteiger partial charge in [0.1, 0.15) is 0 Å². The zero-order valence-corrected chi connectivity index (χ0v) is 11.2. The second-order valence-corrected chi connectivity index (χ2v) is 4.55. The first-order valence-corrected chi connectivity index (χ1v) is 6.54. The lowest BCUT2D eigenvalue weighted by Gasteiger charge is -2.09. The van der Waals surface area contributed by atoms with Gasteiger partial charge in [0.2, 0.25) is 0 Å². The van der Waals surface area contributed by atoms with Crippen LogP contribution in [0.3, 0.4) is 0 Å². The molecule has 3 aromatic heterocycles. The van der Waals surface area contributed by atoms with Gasteiger partial charge in [-0.25, -0.2) is 4.52 Å². The van der Waals surface area contributed by atoms with Crippen molar-refractivity contribution in [1.29, 1.82) is 0 Å². The smallest absolute Gasteiger partial charge is 0.177 e. The Morgan fingerprint density at radius 3 is 2.71 bits per heavy atom. The lowest BCUT2D eigenvalue weighted by atomic mass is 10.2. The van der Waals surface area contributed by atoms with Crippen molar-refractivity contribution in [2.45, 2.75) is 6.42 Å². The predicted molar refractivity (Wildman–Crippen MR) is 77.7 cm³/mol. The highest BCUT2D eigenvalue weighted by atomic mass is 16.8. The number of rotatable bonds is 5. The van der Waals surface area contributed by atoms with E-state index in [-0.39, 0.29) is 10.9 Å². The highest BCUT2D eigenvalue weighted by Crippen LogP contribution is 2.28. The molecule has 0 fully saturated rings. The molecular formula is C14H15N5O2. The van der Waals surface area contributed by atoms with Crippen molar-refractivity contribution in [2.24, 2.45) is 0 Å². The van der Waals surface area contributed by atoms with E-state index in [0.29, 0.717) is 17.9 Å². The maximum atomic E-state index is 9.40. The summed E-state index contributed by atoms with van der Waals surface area (Å²) in [5.74, 6) is 0.417. The van der Waals surface area contributed by atoms with Crippen molar-refractivity contribution in [3.05, 3.63) is 54.5 Å². The number of pyridine rings is 2. The van der Waals surface area contributed by atoms with Gasteiger partial charge < -0.3 is 5.32 Å². The van der Waals surface area contributed by atoms with Gasteiger partial charge in [-0.3, -0.25) is 15.4 Å². The summed E-state index contributed by atoms with van der Waals surface area (Å²) in [7, 11) is 0. The van der Waals surface area contributed by atoms with Gasteiger partial charge in [0.15, 0.2) is 11.5 Å². The molecule has 108 valence electrons. The van der Waals surface area contributed by atoms with Crippen molar-refractivity contribution < 1.29 is 10.4 Å². The molecule has 0 bridgehead atoms. The molecule has 3 N–H and O–H groups in total. The van der Waals surface area contributed by atoms with E-state index in [2.05, 4.69) is 15.4 Å². The van der Waals surface area contributed by atoms with Crippen LogP contribution < -0.4 is 10.5 Å². The van der Waals surface area contributed by atoms with Crippen LogP contribution in [0.25, 0.3) is 5.52 Å². The van der Waals surface area contributed by atoms with Gasteiger partial charge in [0, 0.05) is 25.1 Å². The summed E-state index contributed by atoms with van der Waals surface area (Å²) in [4.78, 5) is 3.97. The average Bonchev–Trinajstić information content (AvgIpc) is 2.86. The second kappa shape index (κ2) is 5.78. The first-order chi connectivity index (χ1) is 10.3. The summed E-state index contributed by atoms with van der Waals surface area (Å²) < 4.78 is 1.59. The van der Waals surface area contributed by atoms with E-state index < -0.39 is 0 Å². The molecule has 21 heavy (non-hydrogen) atoms. The van der Waals surface area contributed by atoms with Crippen LogP contribution in [0.2, 0.25) is 0 Å². The number of hydrogen-bond acceptors (Lipinski definition) is 6. The van der Waals surface area contributed by atoms with Gasteiger partial charge in [0.25, 0.3) is 0 Å². The van der Waals surface area contributed by atoms with Crippen LogP contribution in [0.4, 0.5) is 11.5 Å². The van der Waals surface area contributed by atoms with E-state index in [1.807, 2.05) is 24.3 Å². The van der Waals surface area contributed by atoms with Crippen molar-refractivity contribution in [3.8, 4) is 0 Å². The van der Waals surface area contributed by atoms with E-state index in [1.54, 1.807) is 29.2 Å². The summed E-state index contributed by atoms with van der Waals surface area (Å²) >= 11 is 0. The predicted octanol–water partition coefficient (Wildman–Crippen LogP) is 1.97. The minimum Gasteiger partial charge on any atom is -0.366 e. The molecule has 0 aromatic carbocycles. The number of fused-ring (bicyclic) bond motifs is 1. The van der Waals surface area contributed by atoms with Gasteiger partial charge >= 0.3 is 0 Å². The normalized spacial score (nSPS) is 10.8. The molecular weight excluding hydrogens is 270 g/mol. The van der Waals surface area contributed by atoms with Crippen molar-refractivity contribution in [1.82, 2.24) is 14.6 Å². The lowest BCUT2D eigenvalue weighted by molar-refractivity contribution is 0.0303.